The number of anilines is 1. The molecule has 1 aromatic carbocycles. The summed E-state index contributed by atoms with van der Waals surface area (Å²) < 4.78 is 0. The molecule has 1 aliphatic carbocycles. The van der Waals surface area contributed by atoms with Gasteiger partial charge in [-0.15, -0.1) is 11.8 Å². The van der Waals surface area contributed by atoms with Crippen molar-refractivity contribution in [3.05, 3.63) is 23.8 Å². The van der Waals surface area contributed by atoms with Crippen LogP contribution >= 0.6 is 11.8 Å². The Morgan fingerprint density at radius 3 is 2.89 bits per heavy atom. The molecule has 1 unspecified atom stereocenters. The average molecular weight is 258 g/mol. The van der Waals surface area contributed by atoms with Crippen LogP contribution in [0, 0.1) is 11.3 Å². The molecule has 0 spiro atoms. The number of nitriles is 1. The molecule has 1 amide bonds. The second-order valence-corrected chi connectivity index (χ2v) is 6.39. The van der Waals surface area contributed by atoms with Crippen molar-refractivity contribution in [2.75, 3.05) is 5.32 Å². The van der Waals surface area contributed by atoms with Gasteiger partial charge >= 0.3 is 0 Å². The van der Waals surface area contributed by atoms with Crippen LogP contribution in [0.1, 0.15) is 31.7 Å². The number of carbonyl (C=O) groups excluding carboxylic acids is 1. The van der Waals surface area contributed by atoms with Crippen LogP contribution in [-0.4, -0.2) is 11.2 Å². The van der Waals surface area contributed by atoms with Crippen molar-refractivity contribution in [3.63, 3.8) is 0 Å². The predicted octanol–water partition coefficient (Wildman–Crippen LogP) is 3.06. The molecule has 92 valence electrons. The first-order chi connectivity index (χ1) is 8.64. The van der Waals surface area contributed by atoms with Gasteiger partial charge in [-0.3, -0.25) is 4.79 Å². The van der Waals surface area contributed by atoms with Crippen LogP contribution in [0.3, 0.4) is 0 Å². The van der Waals surface area contributed by atoms with Crippen LogP contribution in [0.5, 0.6) is 0 Å². The summed E-state index contributed by atoms with van der Waals surface area (Å²) in [5.74, 6) is 0.0545. The van der Waals surface area contributed by atoms with Crippen molar-refractivity contribution in [2.45, 2.75) is 41.7 Å². The zero-order valence-corrected chi connectivity index (χ0v) is 11.0. The number of thioether (sulfide) groups is 1. The van der Waals surface area contributed by atoms with Crippen LogP contribution in [0.15, 0.2) is 23.1 Å². The topological polar surface area (TPSA) is 52.9 Å². The van der Waals surface area contributed by atoms with E-state index in [1.54, 1.807) is 11.8 Å². The summed E-state index contributed by atoms with van der Waals surface area (Å²) in [4.78, 5) is 12.7. The summed E-state index contributed by atoms with van der Waals surface area (Å²) in [6, 6.07) is 8.46. The lowest BCUT2D eigenvalue weighted by Gasteiger charge is -2.36. The highest BCUT2D eigenvalue weighted by Crippen LogP contribution is 2.46. The number of rotatable bonds is 1. The summed E-state index contributed by atoms with van der Waals surface area (Å²) in [6.45, 7) is 1.90. The molecule has 4 heteroatoms. The molecule has 1 N–H and O–H groups in total. The number of hydrogen-bond donors (Lipinski definition) is 1. The first-order valence-electron chi connectivity index (χ1n) is 6.18. The SMILES string of the molecule is CC1Sc2cc(C3(C#N)CCC3)ccc2NC1=O. The van der Waals surface area contributed by atoms with E-state index < -0.39 is 0 Å². The molecule has 1 saturated carbocycles. The van der Waals surface area contributed by atoms with E-state index in [-0.39, 0.29) is 16.6 Å². The number of nitrogens with one attached hydrogen (secondary N) is 1. The standard InChI is InChI=1S/C14H14N2OS/c1-9-13(17)16-11-4-3-10(7-12(11)18-9)14(8-15)5-2-6-14/h3-4,7,9H,2,5-6H2,1H3,(H,16,17). The Kier molecular flexibility index (Phi) is 2.60. The third-order valence-corrected chi connectivity index (χ3v) is 5.05. The molecule has 1 atom stereocenters. The Labute approximate surface area is 111 Å². The van der Waals surface area contributed by atoms with Crippen molar-refractivity contribution >= 4 is 23.4 Å². The first kappa shape index (κ1) is 11.6. The highest BCUT2D eigenvalue weighted by Gasteiger charge is 2.39. The number of fused-ring (bicyclic) bond motifs is 1. The van der Waals surface area contributed by atoms with Crippen LogP contribution < -0.4 is 5.32 Å². The van der Waals surface area contributed by atoms with E-state index in [1.807, 2.05) is 19.1 Å². The third kappa shape index (κ3) is 1.62. The molecular formula is C14H14N2OS. The van der Waals surface area contributed by atoms with Crippen LogP contribution in [0.2, 0.25) is 0 Å². The largest absolute Gasteiger partial charge is 0.324 e. The van der Waals surface area contributed by atoms with Gasteiger partial charge in [0.1, 0.15) is 0 Å². The van der Waals surface area contributed by atoms with E-state index in [2.05, 4.69) is 17.5 Å². The van der Waals surface area contributed by atoms with Gasteiger partial charge in [0.05, 0.1) is 22.4 Å². The zero-order valence-electron chi connectivity index (χ0n) is 10.2. The lowest BCUT2D eigenvalue weighted by atomic mass is 9.65. The van der Waals surface area contributed by atoms with Crippen molar-refractivity contribution < 1.29 is 4.79 Å². The van der Waals surface area contributed by atoms with E-state index >= 15 is 0 Å². The summed E-state index contributed by atoms with van der Waals surface area (Å²) in [6.07, 6.45) is 3.04. The summed E-state index contributed by atoms with van der Waals surface area (Å²) in [5.41, 5.74) is 1.70. The van der Waals surface area contributed by atoms with Gasteiger partial charge in [0.2, 0.25) is 5.91 Å². The van der Waals surface area contributed by atoms with Crippen LogP contribution in [0.25, 0.3) is 0 Å². The third-order valence-electron chi connectivity index (χ3n) is 3.89. The minimum atomic E-state index is -0.277. The van der Waals surface area contributed by atoms with Gasteiger partial charge in [-0.05, 0) is 43.9 Å². The van der Waals surface area contributed by atoms with Crippen molar-refractivity contribution in [2.24, 2.45) is 0 Å². The molecule has 3 nitrogen and oxygen atoms in total. The van der Waals surface area contributed by atoms with Crippen LogP contribution in [0.4, 0.5) is 5.69 Å². The second kappa shape index (κ2) is 4.03. The Hall–Kier alpha value is -1.47. The smallest absolute Gasteiger partial charge is 0.237 e. The average Bonchev–Trinajstić information content (AvgIpc) is 2.30. The lowest BCUT2D eigenvalue weighted by Crippen LogP contribution is -2.33. The maximum atomic E-state index is 11.6. The Balaban J connectivity index is 1.99. The number of amides is 1. The fourth-order valence-electron chi connectivity index (χ4n) is 2.49. The Morgan fingerprint density at radius 1 is 1.50 bits per heavy atom. The number of benzene rings is 1. The van der Waals surface area contributed by atoms with E-state index in [0.717, 1.165) is 35.4 Å². The van der Waals surface area contributed by atoms with Gasteiger partial charge in [-0.25, -0.2) is 0 Å². The number of carbonyl (C=O) groups is 1. The molecule has 18 heavy (non-hydrogen) atoms. The second-order valence-electron chi connectivity index (χ2n) is 5.01. The maximum Gasteiger partial charge on any atom is 0.237 e. The number of hydrogen-bond acceptors (Lipinski definition) is 3. The quantitative estimate of drug-likeness (QED) is 0.842. The van der Waals surface area contributed by atoms with E-state index in [9.17, 15) is 10.1 Å². The Morgan fingerprint density at radius 2 is 2.28 bits per heavy atom. The van der Waals surface area contributed by atoms with E-state index in [1.165, 1.54) is 0 Å². The molecule has 1 aromatic rings. The summed E-state index contributed by atoms with van der Waals surface area (Å²) in [5, 5.41) is 12.2. The molecule has 2 aliphatic rings. The molecular weight excluding hydrogens is 244 g/mol. The van der Waals surface area contributed by atoms with E-state index in [0.29, 0.717) is 0 Å². The van der Waals surface area contributed by atoms with Gasteiger partial charge in [0.25, 0.3) is 0 Å². The molecule has 1 heterocycles. The maximum absolute atomic E-state index is 11.6. The van der Waals surface area contributed by atoms with Gasteiger partial charge < -0.3 is 5.32 Å². The minimum Gasteiger partial charge on any atom is -0.324 e. The van der Waals surface area contributed by atoms with Crippen molar-refractivity contribution in [1.82, 2.24) is 0 Å². The lowest BCUT2D eigenvalue weighted by molar-refractivity contribution is -0.115. The fourth-order valence-corrected chi connectivity index (χ4v) is 3.48. The summed E-state index contributed by atoms with van der Waals surface area (Å²) >= 11 is 1.57. The molecule has 1 fully saturated rings. The van der Waals surface area contributed by atoms with Crippen molar-refractivity contribution in [1.29, 1.82) is 5.26 Å². The van der Waals surface area contributed by atoms with E-state index in [4.69, 9.17) is 0 Å². The zero-order chi connectivity index (χ0) is 12.8. The summed E-state index contributed by atoms with van der Waals surface area (Å²) in [7, 11) is 0. The molecule has 0 bridgehead atoms. The molecule has 1 aliphatic heterocycles. The van der Waals surface area contributed by atoms with Gasteiger partial charge in [0, 0.05) is 4.90 Å². The van der Waals surface area contributed by atoms with Crippen molar-refractivity contribution in [3.8, 4) is 6.07 Å². The fraction of sp³-hybridized carbons (Fsp3) is 0.429. The van der Waals surface area contributed by atoms with Crippen LogP contribution in [-0.2, 0) is 10.2 Å². The first-order valence-corrected chi connectivity index (χ1v) is 7.06. The predicted molar refractivity (Wildman–Crippen MR) is 71.5 cm³/mol. The monoisotopic (exact) mass is 258 g/mol. The molecule has 0 aromatic heterocycles. The minimum absolute atomic E-state index is 0.0545. The Bertz CT molecular complexity index is 557. The molecule has 0 saturated heterocycles. The van der Waals surface area contributed by atoms with Gasteiger partial charge in [0.15, 0.2) is 0 Å². The van der Waals surface area contributed by atoms with Gasteiger partial charge in [-0.1, -0.05) is 6.07 Å². The highest BCUT2D eigenvalue weighted by molar-refractivity contribution is 8.00. The number of nitrogens with zero attached hydrogens (tertiary/aromatic N) is 1. The normalized spacial score (nSPS) is 24.4. The van der Waals surface area contributed by atoms with Gasteiger partial charge in [-0.2, -0.15) is 5.26 Å². The molecule has 0 radical (unpaired) electrons. The highest BCUT2D eigenvalue weighted by atomic mass is 32.2. The molecule has 3 rings (SSSR count).